The van der Waals surface area contributed by atoms with E-state index in [0.717, 1.165) is 15.9 Å². The van der Waals surface area contributed by atoms with Gasteiger partial charge in [0.2, 0.25) is 0 Å². The molecule has 5 heteroatoms. The van der Waals surface area contributed by atoms with E-state index in [1.807, 2.05) is 13.0 Å². The lowest BCUT2D eigenvalue weighted by Crippen LogP contribution is -2.25. The van der Waals surface area contributed by atoms with Crippen LogP contribution in [0.15, 0.2) is 21.4 Å². The van der Waals surface area contributed by atoms with Gasteiger partial charge in [0.1, 0.15) is 0 Å². The number of rotatable bonds is 3. The number of hydrogen-bond donors (Lipinski definition) is 0. The monoisotopic (exact) mass is 290 g/mol. The Balaban J connectivity index is 3.13. The van der Waals surface area contributed by atoms with Crippen LogP contribution in [-0.4, -0.2) is 15.4 Å². The molecule has 1 rings (SSSR count). The van der Waals surface area contributed by atoms with Crippen LogP contribution in [0.4, 0.5) is 0 Å². The summed E-state index contributed by atoms with van der Waals surface area (Å²) in [5.41, 5.74) is 1.37. The maximum atomic E-state index is 11.6. The standard InChI is InChI=1S/C10H12BrClN2O/c1-7-9(11)8(2)14(10(15)13-7)6-4-3-5-12/h3-4H,5-6H2,1-2H3/b4-3+. The van der Waals surface area contributed by atoms with Gasteiger partial charge in [0.25, 0.3) is 0 Å². The van der Waals surface area contributed by atoms with Crippen LogP contribution >= 0.6 is 27.5 Å². The van der Waals surface area contributed by atoms with E-state index in [1.54, 1.807) is 17.6 Å². The molecule has 0 aromatic carbocycles. The largest absolute Gasteiger partial charge is 0.348 e. The van der Waals surface area contributed by atoms with E-state index in [1.165, 1.54) is 0 Å². The van der Waals surface area contributed by atoms with Gasteiger partial charge in [-0.1, -0.05) is 12.2 Å². The number of allylic oxidation sites excluding steroid dienone is 2. The van der Waals surface area contributed by atoms with Crippen molar-refractivity contribution in [3.8, 4) is 0 Å². The van der Waals surface area contributed by atoms with Crippen LogP contribution in [0.25, 0.3) is 0 Å². The summed E-state index contributed by atoms with van der Waals surface area (Å²) in [5, 5.41) is 0. The molecule has 0 unspecified atom stereocenters. The fourth-order valence-corrected chi connectivity index (χ4v) is 1.66. The fraction of sp³-hybridized carbons (Fsp3) is 0.400. The molecule has 0 saturated heterocycles. The summed E-state index contributed by atoms with van der Waals surface area (Å²) in [6, 6.07) is 0. The van der Waals surface area contributed by atoms with Crippen molar-refractivity contribution < 1.29 is 0 Å². The first kappa shape index (κ1) is 12.5. The first-order valence-corrected chi connectivity index (χ1v) is 5.85. The quantitative estimate of drug-likeness (QED) is 0.633. The Morgan fingerprint density at radius 2 is 2.13 bits per heavy atom. The molecule has 0 amide bonds. The summed E-state index contributed by atoms with van der Waals surface area (Å²) in [6.45, 7) is 4.19. The number of alkyl halides is 1. The highest BCUT2D eigenvalue weighted by Gasteiger charge is 2.07. The fourth-order valence-electron chi connectivity index (χ4n) is 1.23. The number of aryl methyl sites for hydroxylation is 1. The van der Waals surface area contributed by atoms with Crippen LogP contribution in [0.5, 0.6) is 0 Å². The van der Waals surface area contributed by atoms with Crippen molar-refractivity contribution in [2.45, 2.75) is 20.4 Å². The molecular weight excluding hydrogens is 279 g/mol. The molecule has 1 heterocycles. The molecule has 3 nitrogen and oxygen atoms in total. The predicted octanol–water partition coefficient (Wildman–Crippen LogP) is 2.42. The number of halogens is 2. The van der Waals surface area contributed by atoms with Gasteiger partial charge >= 0.3 is 5.69 Å². The van der Waals surface area contributed by atoms with Gasteiger partial charge in [0, 0.05) is 18.1 Å². The summed E-state index contributed by atoms with van der Waals surface area (Å²) >= 11 is 8.91. The van der Waals surface area contributed by atoms with Crippen LogP contribution in [-0.2, 0) is 6.54 Å². The maximum absolute atomic E-state index is 11.6. The minimum Gasteiger partial charge on any atom is -0.292 e. The van der Waals surface area contributed by atoms with Gasteiger partial charge in [-0.2, -0.15) is 4.98 Å². The van der Waals surface area contributed by atoms with Gasteiger partial charge in [-0.15, -0.1) is 11.6 Å². The van der Waals surface area contributed by atoms with Crippen molar-refractivity contribution in [2.24, 2.45) is 0 Å². The minimum absolute atomic E-state index is 0.229. The molecule has 0 saturated carbocycles. The molecule has 0 bridgehead atoms. The molecule has 0 spiro atoms. The second-order valence-electron chi connectivity index (χ2n) is 3.12. The van der Waals surface area contributed by atoms with Gasteiger partial charge in [-0.05, 0) is 29.8 Å². The van der Waals surface area contributed by atoms with E-state index in [9.17, 15) is 4.79 Å². The normalized spacial score (nSPS) is 11.2. The Hall–Kier alpha value is -0.610. The molecule has 0 fully saturated rings. The average molecular weight is 292 g/mol. The molecule has 0 radical (unpaired) electrons. The molecule has 0 aliphatic rings. The van der Waals surface area contributed by atoms with E-state index in [0.29, 0.717) is 12.4 Å². The predicted molar refractivity (Wildman–Crippen MR) is 65.5 cm³/mol. The zero-order valence-electron chi connectivity index (χ0n) is 8.63. The third-order valence-electron chi connectivity index (χ3n) is 2.08. The molecule has 1 aromatic heterocycles. The summed E-state index contributed by atoms with van der Waals surface area (Å²) < 4.78 is 2.47. The lowest BCUT2D eigenvalue weighted by molar-refractivity contribution is 0.701. The van der Waals surface area contributed by atoms with Crippen LogP contribution in [0.2, 0.25) is 0 Å². The highest BCUT2D eigenvalue weighted by Crippen LogP contribution is 2.16. The summed E-state index contributed by atoms with van der Waals surface area (Å²) in [4.78, 5) is 15.5. The van der Waals surface area contributed by atoms with Gasteiger partial charge in [0.15, 0.2) is 0 Å². The number of hydrogen-bond acceptors (Lipinski definition) is 2. The van der Waals surface area contributed by atoms with Crippen LogP contribution in [0.1, 0.15) is 11.4 Å². The Morgan fingerprint density at radius 1 is 1.47 bits per heavy atom. The molecule has 1 aromatic rings. The molecule has 0 atom stereocenters. The molecule has 15 heavy (non-hydrogen) atoms. The highest BCUT2D eigenvalue weighted by molar-refractivity contribution is 9.10. The van der Waals surface area contributed by atoms with Gasteiger partial charge < -0.3 is 0 Å². The summed E-state index contributed by atoms with van der Waals surface area (Å²) in [5.74, 6) is 0.453. The van der Waals surface area contributed by atoms with Crippen LogP contribution in [0, 0.1) is 13.8 Å². The van der Waals surface area contributed by atoms with Crippen molar-refractivity contribution in [1.29, 1.82) is 0 Å². The van der Waals surface area contributed by atoms with Gasteiger partial charge in [-0.3, -0.25) is 4.57 Å². The summed E-state index contributed by atoms with van der Waals surface area (Å²) in [6.07, 6.45) is 3.66. The van der Waals surface area contributed by atoms with E-state index in [-0.39, 0.29) is 5.69 Å². The number of aromatic nitrogens is 2. The zero-order valence-corrected chi connectivity index (χ0v) is 11.0. The van der Waals surface area contributed by atoms with Crippen molar-refractivity contribution in [3.63, 3.8) is 0 Å². The smallest absolute Gasteiger partial charge is 0.292 e. The Morgan fingerprint density at radius 3 is 2.73 bits per heavy atom. The molecule has 0 aliphatic carbocycles. The second-order valence-corrected chi connectivity index (χ2v) is 4.22. The van der Waals surface area contributed by atoms with E-state index < -0.39 is 0 Å². The lowest BCUT2D eigenvalue weighted by atomic mass is 10.3. The highest BCUT2D eigenvalue weighted by atomic mass is 79.9. The SMILES string of the molecule is Cc1nc(=O)n(C/C=C/CCl)c(C)c1Br. The first-order chi connectivity index (χ1) is 7.07. The van der Waals surface area contributed by atoms with Gasteiger partial charge in [-0.25, -0.2) is 4.79 Å². The molecule has 0 N–H and O–H groups in total. The topological polar surface area (TPSA) is 34.9 Å². The van der Waals surface area contributed by atoms with Gasteiger partial charge in [0.05, 0.1) is 10.2 Å². The van der Waals surface area contributed by atoms with Crippen molar-refractivity contribution in [1.82, 2.24) is 9.55 Å². The van der Waals surface area contributed by atoms with Crippen LogP contribution in [0.3, 0.4) is 0 Å². The van der Waals surface area contributed by atoms with E-state index in [2.05, 4.69) is 20.9 Å². The summed E-state index contributed by atoms with van der Waals surface area (Å²) in [7, 11) is 0. The first-order valence-electron chi connectivity index (χ1n) is 4.52. The van der Waals surface area contributed by atoms with E-state index >= 15 is 0 Å². The third kappa shape index (κ3) is 2.92. The number of nitrogens with zero attached hydrogens (tertiary/aromatic N) is 2. The molecule has 82 valence electrons. The average Bonchev–Trinajstić information content (AvgIpc) is 2.20. The second kappa shape index (κ2) is 5.47. The Labute approximate surface area is 102 Å². The van der Waals surface area contributed by atoms with Crippen molar-refractivity contribution >= 4 is 27.5 Å². The molecular formula is C10H12BrClN2O. The van der Waals surface area contributed by atoms with Crippen molar-refractivity contribution in [2.75, 3.05) is 5.88 Å². The Bertz CT molecular complexity index is 440. The van der Waals surface area contributed by atoms with Crippen molar-refractivity contribution in [3.05, 3.63) is 38.5 Å². The zero-order chi connectivity index (χ0) is 11.4. The third-order valence-corrected chi connectivity index (χ3v) is 3.40. The molecule has 0 aliphatic heterocycles. The Kier molecular flexibility index (Phi) is 4.54. The minimum atomic E-state index is -0.229. The lowest BCUT2D eigenvalue weighted by Gasteiger charge is -2.09. The van der Waals surface area contributed by atoms with Crippen LogP contribution < -0.4 is 5.69 Å². The van der Waals surface area contributed by atoms with E-state index in [4.69, 9.17) is 11.6 Å². The maximum Gasteiger partial charge on any atom is 0.348 e.